The molecule has 3 heterocycles. The van der Waals surface area contributed by atoms with Crippen LogP contribution in [0.4, 0.5) is 15.3 Å². The molecule has 8 nitrogen and oxygen atoms in total. The fourth-order valence-electron chi connectivity index (χ4n) is 5.47. The Kier molecular flexibility index (Phi) is 7.27. The summed E-state index contributed by atoms with van der Waals surface area (Å²) in [4.78, 5) is 28.6. The third-order valence-electron chi connectivity index (χ3n) is 7.61. The molecule has 0 aromatic heterocycles. The Hall–Kier alpha value is -3.26. The van der Waals surface area contributed by atoms with Gasteiger partial charge in [0.1, 0.15) is 17.0 Å². The van der Waals surface area contributed by atoms with Crippen LogP contribution in [0.25, 0.3) is 11.1 Å². The predicted molar refractivity (Wildman–Crippen MR) is 147 cm³/mol. The minimum absolute atomic E-state index is 0.0892. The molecule has 1 N–H and O–H groups in total. The molecule has 204 valence electrons. The largest absolute Gasteiger partial charge is 0.487 e. The maximum absolute atomic E-state index is 12.5. The lowest BCUT2D eigenvalue weighted by Crippen LogP contribution is -2.52. The number of morpholine rings is 1. The van der Waals surface area contributed by atoms with Crippen molar-refractivity contribution in [2.24, 2.45) is 0 Å². The molecular weight excluding hydrogens is 482 g/mol. The molecule has 2 fully saturated rings. The van der Waals surface area contributed by atoms with Crippen molar-refractivity contribution < 1.29 is 23.8 Å². The summed E-state index contributed by atoms with van der Waals surface area (Å²) in [6.07, 6.45) is 3.27. The van der Waals surface area contributed by atoms with Gasteiger partial charge in [0.05, 0.1) is 13.2 Å². The summed E-state index contributed by atoms with van der Waals surface area (Å²) in [6, 6.07) is 12.3. The summed E-state index contributed by atoms with van der Waals surface area (Å²) in [5, 5.41) is 2.98. The van der Waals surface area contributed by atoms with Gasteiger partial charge in [0.25, 0.3) is 0 Å². The number of rotatable bonds is 2. The Morgan fingerprint density at radius 3 is 2.26 bits per heavy atom. The molecule has 0 radical (unpaired) electrons. The predicted octanol–water partition coefficient (Wildman–Crippen LogP) is 5.62. The van der Waals surface area contributed by atoms with Gasteiger partial charge < -0.3 is 29.3 Å². The molecule has 3 amide bonds. The number of piperidine rings is 1. The first-order chi connectivity index (χ1) is 18.1. The SMILES string of the molecule is Cc1cc(-c2ccc(NC(=O)N3CCOCC3)cc2)cc2c1OC1(CC2)CCN(C(=O)OC(C)(C)C)CC1. The molecule has 0 bridgehead atoms. The number of carbonyl (C=O) groups is 2. The second kappa shape index (κ2) is 10.5. The van der Waals surface area contributed by atoms with Gasteiger partial charge in [0, 0.05) is 44.7 Å². The zero-order valence-corrected chi connectivity index (χ0v) is 23.0. The quantitative estimate of drug-likeness (QED) is 0.555. The van der Waals surface area contributed by atoms with Crippen LogP contribution in [-0.2, 0) is 15.9 Å². The fraction of sp³-hybridized carbons (Fsp3) is 0.533. The van der Waals surface area contributed by atoms with Crippen LogP contribution in [0.2, 0.25) is 0 Å². The van der Waals surface area contributed by atoms with E-state index in [1.165, 1.54) is 5.56 Å². The van der Waals surface area contributed by atoms with Gasteiger partial charge in [-0.15, -0.1) is 0 Å². The van der Waals surface area contributed by atoms with Crippen molar-refractivity contribution in [2.75, 3.05) is 44.7 Å². The average Bonchev–Trinajstić information content (AvgIpc) is 2.89. The lowest BCUT2D eigenvalue weighted by molar-refractivity contribution is -0.0276. The summed E-state index contributed by atoms with van der Waals surface area (Å²) in [5.74, 6) is 0.986. The van der Waals surface area contributed by atoms with E-state index in [0.717, 1.165) is 53.8 Å². The van der Waals surface area contributed by atoms with Crippen LogP contribution >= 0.6 is 0 Å². The number of hydrogen-bond donors (Lipinski definition) is 1. The second-order valence-electron chi connectivity index (χ2n) is 11.6. The van der Waals surface area contributed by atoms with Gasteiger partial charge in [-0.25, -0.2) is 9.59 Å². The van der Waals surface area contributed by atoms with Crippen molar-refractivity contribution in [1.82, 2.24) is 9.80 Å². The monoisotopic (exact) mass is 521 g/mol. The van der Waals surface area contributed by atoms with Crippen LogP contribution in [-0.4, -0.2) is 72.5 Å². The highest BCUT2D eigenvalue weighted by molar-refractivity contribution is 5.89. The lowest BCUT2D eigenvalue weighted by Gasteiger charge is -2.45. The van der Waals surface area contributed by atoms with Crippen LogP contribution in [0.1, 0.15) is 51.2 Å². The van der Waals surface area contributed by atoms with E-state index in [-0.39, 0.29) is 17.7 Å². The van der Waals surface area contributed by atoms with E-state index in [4.69, 9.17) is 14.2 Å². The highest BCUT2D eigenvalue weighted by Gasteiger charge is 2.41. The van der Waals surface area contributed by atoms with Crippen molar-refractivity contribution in [3.8, 4) is 16.9 Å². The van der Waals surface area contributed by atoms with Crippen LogP contribution in [0.15, 0.2) is 36.4 Å². The molecule has 2 aromatic rings. The van der Waals surface area contributed by atoms with E-state index in [1.807, 2.05) is 45.0 Å². The lowest BCUT2D eigenvalue weighted by atomic mass is 9.82. The third-order valence-corrected chi connectivity index (χ3v) is 7.61. The van der Waals surface area contributed by atoms with Gasteiger partial charge in [-0.05, 0) is 87.1 Å². The molecule has 0 atom stereocenters. The first-order valence-electron chi connectivity index (χ1n) is 13.7. The minimum Gasteiger partial charge on any atom is -0.487 e. The Morgan fingerprint density at radius 2 is 1.61 bits per heavy atom. The van der Waals surface area contributed by atoms with Gasteiger partial charge in [0.2, 0.25) is 0 Å². The number of carbonyl (C=O) groups excluding carboxylic acids is 2. The minimum atomic E-state index is -0.488. The van der Waals surface area contributed by atoms with Gasteiger partial charge >= 0.3 is 12.1 Å². The number of urea groups is 1. The molecule has 3 aliphatic rings. The number of nitrogens with zero attached hydrogens (tertiary/aromatic N) is 2. The van der Waals surface area contributed by atoms with Crippen molar-refractivity contribution in [1.29, 1.82) is 0 Å². The number of amides is 3. The molecule has 38 heavy (non-hydrogen) atoms. The van der Waals surface area contributed by atoms with Crippen LogP contribution in [0, 0.1) is 6.92 Å². The number of aryl methyl sites for hydroxylation is 2. The van der Waals surface area contributed by atoms with Gasteiger partial charge in [-0.1, -0.05) is 12.1 Å². The van der Waals surface area contributed by atoms with Gasteiger partial charge in [0.15, 0.2) is 0 Å². The Morgan fingerprint density at radius 1 is 0.921 bits per heavy atom. The molecular formula is C30H39N3O5. The van der Waals surface area contributed by atoms with Gasteiger partial charge in [-0.2, -0.15) is 0 Å². The number of benzene rings is 2. The Balaban J connectivity index is 1.23. The van der Waals surface area contributed by atoms with E-state index in [2.05, 4.69) is 24.4 Å². The zero-order chi connectivity index (χ0) is 26.9. The number of hydrogen-bond acceptors (Lipinski definition) is 5. The first-order valence-corrected chi connectivity index (χ1v) is 13.7. The molecule has 1 spiro atoms. The Bertz CT molecular complexity index is 1170. The maximum atomic E-state index is 12.5. The van der Waals surface area contributed by atoms with Crippen LogP contribution in [0.5, 0.6) is 5.75 Å². The fourth-order valence-corrected chi connectivity index (χ4v) is 5.47. The van der Waals surface area contributed by atoms with Crippen molar-refractivity contribution >= 4 is 17.8 Å². The topological polar surface area (TPSA) is 80.3 Å². The number of fused-ring (bicyclic) bond motifs is 1. The molecule has 3 aliphatic heterocycles. The van der Waals surface area contributed by atoms with Crippen molar-refractivity contribution in [3.63, 3.8) is 0 Å². The van der Waals surface area contributed by atoms with Gasteiger partial charge in [-0.3, -0.25) is 0 Å². The number of anilines is 1. The summed E-state index contributed by atoms with van der Waals surface area (Å²) in [6.45, 7) is 11.5. The standard InChI is InChI=1S/C30H39N3O5/c1-21-19-24(22-5-7-25(8-6-22)31-27(34)32-15-17-36-18-16-32)20-23-9-10-30(37-26(21)23)11-13-33(14-12-30)28(35)38-29(2,3)4/h5-8,19-20H,9-18H2,1-4H3,(H,31,34). The maximum Gasteiger partial charge on any atom is 0.410 e. The number of ether oxygens (including phenoxy) is 3. The molecule has 0 aliphatic carbocycles. The molecule has 0 unspecified atom stereocenters. The number of nitrogens with one attached hydrogen (secondary N) is 1. The summed E-state index contributed by atoms with van der Waals surface area (Å²) < 4.78 is 17.6. The number of likely N-dealkylation sites (tertiary alicyclic amines) is 1. The summed E-state index contributed by atoms with van der Waals surface area (Å²) in [7, 11) is 0. The van der Waals surface area contributed by atoms with E-state index in [9.17, 15) is 9.59 Å². The highest BCUT2D eigenvalue weighted by atomic mass is 16.6. The van der Waals surface area contributed by atoms with E-state index >= 15 is 0 Å². The van der Waals surface area contributed by atoms with Crippen LogP contribution < -0.4 is 10.1 Å². The Labute approximate surface area is 225 Å². The summed E-state index contributed by atoms with van der Waals surface area (Å²) >= 11 is 0. The zero-order valence-electron chi connectivity index (χ0n) is 23.0. The summed E-state index contributed by atoms with van der Waals surface area (Å²) in [5.41, 5.74) is 4.66. The highest BCUT2D eigenvalue weighted by Crippen LogP contribution is 2.43. The average molecular weight is 522 g/mol. The van der Waals surface area contributed by atoms with E-state index < -0.39 is 5.60 Å². The third kappa shape index (κ3) is 5.90. The smallest absolute Gasteiger partial charge is 0.410 e. The molecule has 2 saturated heterocycles. The van der Waals surface area contributed by atoms with Crippen LogP contribution in [0.3, 0.4) is 0 Å². The van der Waals surface area contributed by atoms with Crippen molar-refractivity contribution in [3.05, 3.63) is 47.5 Å². The van der Waals surface area contributed by atoms with E-state index in [1.54, 1.807) is 9.80 Å². The normalized spacial score (nSPS) is 18.9. The van der Waals surface area contributed by atoms with Crippen molar-refractivity contribution in [2.45, 2.75) is 64.6 Å². The molecule has 5 rings (SSSR count). The second-order valence-corrected chi connectivity index (χ2v) is 11.6. The molecule has 8 heteroatoms. The molecule has 2 aromatic carbocycles. The van der Waals surface area contributed by atoms with E-state index in [0.29, 0.717) is 39.4 Å². The molecule has 0 saturated carbocycles. The first kappa shape index (κ1) is 26.4.